The van der Waals surface area contributed by atoms with Gasteiger partial charge in [-0.05, 0) is 37.3 Å². The summed E-state index contributed by atoms with van der Waals surface area (Å²) in [4.78, 5) is 15.8. The van der Waals surface area contributed by atoms with Gasteiger partial charge in [-0.3, -0.25) is 4.79 Å². The maximum atomic E-state index is 13.6. The monoisotopic (exact) mass is 342 g/mol. The molecule has 1 N–H and O–H groups in total. The summed E-state index contributed by atoms with van der Waals surface area (Å²) in [5, 5.41) is 0.793. The molecule has 1 amide bonds. The number of hydrogen-bond acceptors (Lipinski definition) is 4. The standard InChI is InChI=1S/C14H12ClFN2O3S/c1-9(22(20,21)13-4-2-3-7-17-13)14(19)18-12-8-10(15)5-6-11(12)16/h2-9H,1H3,(H,18,19)/t9-/m0/s1. The molecule has 0 spiro atoms. The Kier molecular flexibility index (Phi) is 4.77. The van der Waals surface area contributed by atoms with Crippen LogP contribution in [0.25, 0.3) is 0 Å². The van der Waals surface area contributed by atoms with Crippen molar-refractivity contribution in [1.82, 2.24) is 4.98 Å². The predicted molar refractivity (Wildman–Crippen MR) is 80.9 cm³/mol. The lowest BCUT2D eigenvalue weighted by molar-refractivity contribution is -0.115. The summed E-state index contributed by atoms with van der Waals surface area (Å²) in [7, 11) is -3.96. The van der Waals surface area contributed by atoms with Crippen LogP contribution in [0.5, 0.6) is 0 Å². The number of hydrogen-bond donors (Lipinski definition) is 1. The Bertz CT molecular complexity index is 797. The molecule has 2 rings (SSSR count). The summed E-state index contributed by atoms with van der Waals surface area (Å²) in [5.41, 5.74) is -0.180. The number of anilines is 1. The highest BCUT2D eigenvalue weighted by Gasteiger charge is 2.31. The Labute approximate surface area is 132 Å². The third-order valence-electron chi connectivity index (χ3n) is 2.95. The van der Waals surface area contributed by atoms with Crippen molar-refractivity contribution in [3.8, 4) is 0 Å². The highest BCUT2D eigenvalue weighted by atomic mass is 35.5. The summed E-state index contributed by atoms with van der Waals surface area (Å²) >= 11 is 5.72. The number of nitrogens with one attached hydrogen (secondary N) is 1. The first kappa shape index (κ1) is 16.4. The molecule has 0 fully saturated rings. The molecule has 1 aromatic carbocycles. The Morgan fingerprint density at radius 2 is 2.05 bits per heavy atom. The van der Waals surface area contributed by atoms with Gasteiger partial charge in [0.2, 0.25) is 15.7 Å². The number of carbonyl (C=O) groups excluding carboxylic acids is 1. The lowest BCUT2D eigenvalue weighted by atomic mass is 10.3. The van der Waals surface area contributed by atoms with Crippen LogP contribution in [0, 0.1) is 5.82 Å². The van der Waals surface area contributed by atoms with E-state index < -0.39 is 26.8 Å². The van der Waals surface area contributed by atoms with Gasteiger partial charge in [0.1, 0.15) is 11.1 Å². The zero-order chi connectivity index (χ0) is 16.3. The van der Waals surface area contributed by atoms with E-state index in [0.717, 1.165) is 6.07 Å². The van der Waals surface area contributed by atoms with Crippen LogP contribution in [0.1, 0.15) is 6.92 Å². The van der Waals surface area contributed by atoms with Crippen LogP contribution in [0.15, 0.2) is 47.6 Å². The van der Waals surface area contributed by atoms with E-state index in [1.54, 1.807) is 6.07 Å². The van der Waals surface area contributed by atoms with Crippen molar-refractivity contribution in [3.05, 3.63) is 53.4 Å². The minimum atomic E-state index is -3.96. The number of sulfone groups is 1. The third-order valence-corrected chi connectivity index (χ3v) is 5.15. The van der Waals surface area contributed by atoms with Crippen LogP contribution in [-0.4, -0.2) is 24.6 Å². The molecule has 5 nitrogen and oxygen atoms in total. The Morgan fingerprint density at radius 1 is 1.32 bits per heavy atom. The summed E-state index contributed by atoms with van der Waals surface area (Å²) in [6.07, 6.45) is 1.31. The summed E-state index contributed by atoms with van der Waals surface area (Å²) < 4.78 is 38.1. The molecule has 116 valence electrons. The van der Waals surface area contributed by atoms with Crippen LogP contribution in [0.4, 0.5) is 10.1 Å². The second-order valence-corrected chi connectivity index (χ2v) is 7.12. The first-order chi connectivity index (χ1) is 10.3. The van der Waals surface area contributed by atoms with Crippen molar-refractivity contribution in [2.75, 3.05) is 5.32 Å². The Balaban J connectivity index is 2.24. The SMILES string of the molecule is C[C@@H](C(=O)Nc1cc(Cl)ccc1F)S(=O)(=O)c1ccccn1. The number of halogens is 2. The van der Waals surface area contributed by atoms with E-state index in [9.17, 15) is 17.6 Å². The van der Waals surface area contributed by atoms with Crippen LogP contribution < -0.4 is 5.32 Å². The Hall–Kier alpha value is -1.99. The van der Waals surface area contributed by atoms with Gasteiger partial charge < -0.3 is 5.32 Å². The molecule has 0 aliphatic heterocycles. The average Bonchev–Trinajstić information content (AvgIpc) is 2.51. The highest BCUT2D eigenvalue weighted by molar-refractivity contribution is 7.92. The van der Waals surface area contributed by atoms with E-state index in [1.807, 2.05) is 0 Å². The van der Waals surface area contributed by atoms with Gasteiger partial charge in [0.25, 0.3) is 0 Å². The van der Waals surface area contributed by atoms with E-state index >= 15 is 0 Å². The van der Waals surface area contributed by atoms with E-state index in [-0.39, 0.29) is 15.7 Å². The third kappa shape index (κ3) is 3.42. The zero-order valence-corrected chi connectivity index (χ0v) is 13.0. The lowest BCUT2D eigenvalue weighted by Crippen LogP contribution is -2.33. The molecule has 1 atom stereocenters. The molecule has 0 aliphatic carbocycles. The largest absolute Gasteiger partial charge is 0.322 e. The van der Waals surface area contributed by atoms with Crippen molar-refractivity contribution in [2.45, 2.75) is 17.2 Å². The molecule has 22 heavy (non-hydrogen) atoms. The normalized spacial score (nSPS) is 12.7. The number of aromatic nitrogens is 1. The van der Waals surface area contributed by atoms with Crippen molar-refractivity contribution >= 4 is 33.0 Å². The maximum absolute atomic E-state index is 13.6. The molecule has 1 heterocycles. The van der Waals surface area contributed by atoms with Crippen LogP contribution in [-0.2, 0) is 14.6 Å². The minimum Gasteiger partial charge on any atom is -0.322 e. The van der Waals surface area contributed by atoms with E-state index in [4.69, 9.17) is 11.6 Å². The smallest absolute Gasteiger partial charge is 0.242 e. The topological polar surface area (TPSA) is 76.1 Å². The van der Waals surface area contributed by atoms with Gasteiger partial charge in [0.05, 0.1) is 5.69 Å². The zero-order valence-electron chi connectivity index (χ0n) is 11.5. The van der Waals surface area contributed by atoms with Gasteiger partial charge in [-0.25, -0.2) is 17.8 Å². The fourth-order valence-corrected chi connectivity index (χ4v) is 3.02. The van der Waals surface area contributed by atoms with Gasteiger partial charge >= 0.3 is 0 Å². The van der Waals surface area contributed by atoms with Crippen LogP contribution >= 0.6 is 11.6 Å². The van der Waals surface area contributed by atoms with Gasteiger partial charge in [-0.15, -0.1) is 0 Å². The van der Waals surface area contributed by atoms with E-state index in [1.165, 1.54) is 37.4 Å². The average molecular weight is 343 g/mol. The van der Waals surface area contributed by atoms with Crippen molar-refractivity contribution in [3.63, 3.8) is 0 Å². The number of pyridine rings is 1. The molecule has 1 aromatic heterocycles. The number of rotatable bonds is 4. The highest BCUT2D eigenvalue weighted by Crippen LogP contribution is 2.21. The molecule has 0 unspecified atom stereocenters. The lowest BCUT2D eigenvalue weighted by Gasteiger charge is -2.13. The van der Waals surface area contributed by atoms with Crippen LogP contribution in [0.2, 0.25) is 5.02 Å². The first-order valence-corrected chi connectivity index (χ1v) is 8.15. The van der Waals surface area contributed by atoms with E-state index in [0.29, 0.717) is 0 Å². The van der Waals surface area contributed by atoms with E-state index in [2.05, 4.69) is 10.3 Å². The molecule has 0 bridgehead atoms. The minimum absolute atomic E-state index is 0.180. The Morgan fingerprint density at radius 3 is 2.68 bits per heavy atom. The molecule has 8 heteroatoms. The molecular formula is C14H12ClFN2O3S. The van der Waals surface area contributed by atoms with Crippen molar-refractivity contribution in [2.24, 2.45) is 0 Å². The summed E-state index contributed by atoms with van der Waals surface area (Å²) in [6, 6.07) is 7.96. The molecule has 0 radical (unpaired) electrons. The first-order valence-electron chi connectivity index (χ1n) is 6.23. The van der Waals surface area contributed by atoms with Gasteiger partial charge in [-0.2, -0.15) is 0 Å². The number of benzene rings is 1. The maximum Gasteiger partial charge on any atom is 0.242 e. The molecule has 0 saturated carbocycles. The van der Waals surface area contributed by atoms with Gasteiger partial charge in [-0.1, -0.05) is 17.7 Å². The second-order valence-electron chi connectivity index (χ2n) is 4.47. The molecular weight excluding hydrogens is 331 g/mol. The second kappa shape index (κ2) is 6.41. The van der Waals surface area contributed by atoms with Gasteiger partial charge in [0.15, 0.2) is 5.03 Å². The fraction of sp³-hybridized carbons (Fsp3) is 0.143. The number of carbonyl (C=O) groups is 1. The molecule has 2 aromatic rings. The molecule has 0 saturated heterocycles. The summed E-state index contributed by atoms with van der Waals surface area (Å²) in [5.74, 6) is -1.58. The van der Waals surface area contributed by atoms with Crippen molar-refractivity contribution < 1.29 is 17.6 Å². The quantitative estimate of drug-likeness (QED) is 0.926. The number of nitrogens with zero attached hydrogens (tertiary/aromatic N) is 1. The van der Waals surface area contributed by atoms with Gasteiger partial charge in [0, 0.05) is 11.2 Å². The predicted octanol–water partition coefficient (Wildman–Crippen LogP) is 2.68. The molecule has 0 aliphatic rings. The summed E-state index contributed by atoms with van der Waals surface area (Å²) in [6.45, 7) is 1.21. The van der Waals surface area contributed by atoms with Crippen LogP contribution in [0.3, 0.4) is 0 Å². The number of amides is 1. The fourth-order valence-electron chi connectivity index (χ4n) is 1.67. The van der Waals surface area contributed by atoms with Crippen molar-refractivity contribution in [1.29, 1.82) is 0 Å².